The number of carbonyl (C=O) groups excluding carboxylic acids is 1. The van der Waals surface area contributed by atoms with Gasteiger partial charge in [0.25, 0.3) is 5.91 Å². The van der Waals surface area contributed by atoms with Crippen LogP contribution in [0.3, 0.4) is 0 Å². The summed E-state index contributed by atoms with van der Waals surface area (Å²) in [7, 11) is 0. The van der Waals surface area contributed by atoms with Crippen LogP contribution in [-0.4, -0.2) is 52.9 Å². The van der Waals surface area contributed by atoms with Crippen molar-refractivity contribution in [2.45, 2.75) is 63.9 Å². The van der Waals surface area contributed by atoms with Crippen LogP contribution in [0.1, 0.15) is 75.4 Å². The van der Waals surface area contributed by atoms with Crippen molar-refractivity contribution < 1.29 is 22.8 Å². The molecule has 1 amide bonds. The number of amides is 1. The molecular formula is C31H35FN4O3. The lowest BCUT2D eigenvalue weighted by atomic mass is 9.85. The molecule has 5 heterocycles. The molecule has 1 spiro atoms. The average Bonchev–Trinajstić information content (AvgIpc) is 3.57. The van der Waals surface area contributed by atoms with Gasteiger partial charge in [0.05, 0.1) is 30.3 Å². The molecule has 4 aliphatic heterocycles. The van der Waals surface area contributed by atoms with E-state index in [1.807, 2.05) is 17.0 Å². The van der Waals surface area contributed by atoms with E-state index < -0.39 is 18.4 Å². The summed E-state index contributed by atoms with van der Waals surface area (Å²) < 4.78 is 50.7. The summed E-state index contributed by atoms with van der Waals surface area (Å²) in [5.74, 6) is 0.510. The van der Waals surface area contributed by atoms with Gasteiger partial charge in [0.2, 0.25) is 0 Å². The van der Waals surface area contributed by atoms with E-state index in [9.17, 15) is 4.79 Å². The molecule has 2 aromatic carbocycles. The van der Waals surface area contributed by atoms with Gasteiger partial charge in [-0.2, -0.15) is 0 Å². The Morgan fingerprint density at radius 3 is 2.82 bits per heavy atom. The number of rotatable bonds is 2. The molecule has 2 saturated heterocycles. The zero-order valence-corrected chi connectivity index (χ0v) is 22.1. The van der Waals surface area contributed by atoms with E-state index in [-0.39, 0.29) is 23.4 Å². The number of aromatic nitrogens is 1. The Balaban J connectivity index is 1.17. The molecule has 39 heavy (non-hydrogen) atoms. The van der Waals surface area contributed by atoms with E-state index in [1.54, 1.807) is 11.0 Å². The first-order chi connectivity index (χ1) is 20.0. The standard InChI is InChI=1S/C31H35FN4O3/c1-18-3-5-27(19-4-6-28-20(11-19)14-31(39-28)7-9-35(2)10-8-31)36(15-18)30(37)22-12-21-23-16-38-17-24(23)29(33)34-26(21)13-25(22)32/h4,6,11-13,18,27H,3,5,7-10,14-17H2,1-2H3,(H2,33,34)/t18-,27?/m0/s1/i2D3. The average molecular weight is 534 g/mol. The highest BCUT2D eigenvalue weighted by molar-refractivity contribution is 6.00. The molecule has 1 unspecified atom stereocenters. The Morgan fingerprint density at radius 2 is 2.00 bits per heavy atom. The fraction of sp³-hybridized carbons (Fsp3) is 0.484. The van der Waals surface area contributed by atoms with Crippen molar-refractivity contribution in [3.63, 3.8) is 0 Å². The molecule has 0 aliphatic carbocycles. The van der Waals surface area contributed by atoms with Crippen molar-refractivity contribution in [1.29, 1.82) is 0 Å². The number of pyridine rings is 1. The minimum atomic E-state index is -2.09. The molecule has 3 aromatic rings. The number of nitrogens with zero attached hydrogens (tertiary/aromatic N) is 3. The second kappa shape index (κ2) is 9.17. The molecule has 0 bridgehead atoms. The Hall–Kier alpha value is -3.23. The lowest BCUT2D eigenvalue weighted by molar-refractivity contribution is 0.0271. The van der Waals surface area contributed by atoms with Crippen LogP contribution in [-0.2, 0) is 24.4 Å². The zero-order valence-electron chi connectivity index (χ0n) is 25.1. The first-order valence-electron chi connectivity index (χ1n) is 15.4. The van der Waals surface area contributed by atoms with Gasteiger partial charge in [0.15, 0.2) is 0 Å². The van der Waals surface area contributed by atoms with Gasteiger partial charge in [-0.3, -0.25) is 4.79 Å². The van der Waals surface area contributed by atoms with Crippen LogP contribution in [0, 0.1) is 11.7 Å². The molecule has 1 aromatic heterocycles. The molecular weight excluding hydrogens is 495 g/mol. The third kappa shape index (κ3) is 4.16. The third-order valence-electron chi connectivity index (χ3n) is 9.11. The number of fused-ring (bicyclic) bond motifs is 4. The Bertz CT molecular complexity index is 1590. The number of halogens is 1. The van der Waals surface area contributed by atoms with Crippen molar-refractivity contribution in [2.24, 2.45) is 5.92 Å². The Morgan fingerprint density at radius 1 is 1.18 bits per heavy atom. The van der Waals surface area contributed by atoms with E-state index in [2.05, 4.69) is 18.0 Å². The monoisotopic (exact) mass is 533 g/mol. The number of anilines is 1. The van der Waals surface area contributed by atoms with Gasteiger partial charge in [-0.1, -0.05) is 13.0 Å². The molecule has 2 fully saturated rings. The summed E-state index contributed by atoms with van der Waals surface area (Å²) in [5.41, 5.74) is 9.92. The van der Waals surface area contributed by atoms with Gasteiger partial charge in [0.1, 0.15) is 23.0 Å². The number of ether oxygens (including phenoxy) is 2. The summed E-state index contributed by atoms with van der Waals surface area (Å²) in [6, 6.07) is 8.87. The van der Waals surface area contributed by atoms with Gasteiger partial charge in [-0.05, 0) is 60.6 Å². The fourth-order valence-corrected chi connectivity index (χ4v) is 6.89. The van der Waals surface area contributed by atoms with Gasteiger partial charge in [-0.15, -0.1) is 0 Å². The van der Waals surface area contributed by atoms with E-state index in [4.69, 9.17) is 19.3 Å². The van der Waals surface area contributed by atoms with Crippen LogP contribution in [0.25, 0.3) is 10.9 Å². The summed E-state index contributed by atoms with van der Waals surface area (Å²) in [6.07, 6.45) is 3.76. The van der Waals surface area contributed by atoms with Crippen molar-refractivity contribution in [1.82, 2.24) is 14.8 Å². The van der Waals surface area contributed by atoms with Gasteiger partial charge < -0.3 is 25.0 Å². The number of piperidine rings is 2. The maximum atomic E-state index is 15.5. The maximum Gasteiger partial charge on any atom is 0.257 e. The zero-order chi connectivity index (χ0) is 29.4. The molecule has 0 radical (unpaired) electrons. The van der Waals surface area contributed by atoms with Crippen LogP contribution in [0.2, 0.25) is 0 Å². The van der Waals surface area contributed by atoms with Crippen molar-refractivity contribution in [3.05, 3.63) is 64.0 Å². The molecule has 2 atom stereocenters. The van der Waals surface area contributed by atoms with E-state index in [0.717, 1.165) is 40.8 Å². The quantitative estimate of drug-likeness (QED) is 0.500. The van der Waals surface area contributed by atoms with E-state index in [0.29, 0.717) is 68.8 Å². The molecule has 7 rings (SSSR count). The summed E-state index contributed by atoms with van der Waals surface area (Å²) in [5, 5.41) is 0.701. The maximum absolute atomic E-state index is 15.5. The second-order valence-electron chi connectivity index (χ2n) is 11.8. The second-order valence-corrected chi connectivity index (χ2v) is 11.8. The smallest absolute Gasteiger partial charge is 0.257 e. The van der Waals surface area contributed by atoms with Crippen molar-refractivity contribution in [2.75, 3.05) is 32.3 Å². The number of nitrogen functional groups attached to an aromatic ring is 1. The minimum absolute atomic E-state index is 0.0340. The first-order valence-corrected chi connectivity index (χ1v) is 13.9. The van der Waals surface area contributed by atoms with Crippen molar-refractivity contribution in [3.8, 4) is 5.75 Å². The number of hydrogen-bond donors (Lipinski definition) is 1. The third-order valence-corrected chi connectivity index (χ3v) is 9.11. The highest BCUT2D eigenvalue weighted by atomic mass is 19.1. The predicted octanol–water partition coefficient (Wildman–Crippen LogP) is 5.00. The van der Waals surface area contributed by atoms with Crippen LogP contribution in [0.4, 0.5) is 10.2 Å². The molecule has 4 aliphatic rings. The van der Waals surface area contributed by atoms with E-state index >= 15 is 4.39 Å². The number of hydrogen-bond acceptors (Lipinski definition) is 6. The molecule has 8 heteroatoms. The van der Waals surface area contributed by atoms with Crippen LogP contribution >= 0.6 is 0 Å². The van der Waals surface area contributed by atoms with E-state index in [1.165, 1.54) is 6.07 Å². The number of benzene rings is 2. The number of carbonyl (C=O) groups is 1. The van der Waals surface area contributed by atoms with Gasteiger partial charge >= 0.3 is 0 Å². The Kier molecular flexibility index (Phi) is 5.07. The topological polar surface area (TPSA) is 80.9 Å². The lowest BCUT2D eigenvalue weighted by Crippen LogP contribution is -2.45. The van der Waals surface area contributed by atoms with Gasteiger partial charge in [0, 0.05) is 60.0 Å². The molecule has 0 saturated carbocycles. The predicted molar refractivity (Wildman–Crippen MR) is 147 cm³/mol. The first kappa shape index (κ1) is 21.6. The summed E-state index contributed by atoms with van der Waals surface area (Å²) in [4.78, 5) is 21.8. The Labute approximate surface area is 232 Å². The number of likely N-dealkylation sites (tertiary alicyclic amines) is 2. The summed E-state index contributed by atoms with van der Waals surface area (Å²) in [6.45, 7) is 2.22. The largest absolute Gasteiger partial charge is 0.487 e. The SMILES string of the molecule is [2H]C([2H])([2H])N1CCC2(CC1)Cc1cc(C3CC[C@H](C)CN3C(=O)c3cc4c5c(c(N)nc4cc3F)COC5)ccc1O2. The van der Waals surface area contributed by atoms with Crippen LogP contribution < -0.4 is 10.5 Å². The fourth-order valence-electron chi connectivity index (χ4n) is 6.89. The minimum Gasteiger partial charge on any atom is -0.487 e. The van der Waals surface area contributed by atoms with Crippen molar-refractivity contribution >= 4 is 22.6 Å². The number of nitrogens with two attached hydrogens (primary N) is 1. The highest BCUT2D eigenvalue weighted by Crippen LogP contribution is 2.44. The molecule has 7 nitrogen and oxygen atoms in total. The molecule has 2 N–H and O–H groups in total. The molecule has 204 valence electrons. The van der Waals surface area contributed by atoms with Crippen LogP contribution in [0.15, 0.2) is 30.3 Å². The van der Waals surface area contributed by atoms with Gasteiger partial charge in [-0.25, -0.2) is 9.37 Å². The lowest BCUT2D eigenvalue weighted by Gasteiger charge is -2.39. The normalized spacial score (nSPS) is 25.6. The van der Waals surface area contributed by atoms with Crippen LogP contribution in [0.5, 0.6) is 5.75 Å². The highest BCUT2D eigenvalue weighted by Gasteiger charge is 2.42. The summed E-state index contributed by atoms with van der Waals surface area (Å²) >= 11 is 0.